The minimum absolute atomic E-state index is 0.0725. The number of aryl methyl sites for hydroxylation is 1. The van der Waals surface area contributed by atoms with E-state index >= 15 is 0 Å². The minimum Gasteiger partial charge on any atom is -0.458 e. The monoisotopic (exact) mass is 806 g/mol. The third-order valence-electron chi connectivity index (χ3n) is 12.9. The summed E-state index contributed by atoms with van der Waals surface area (Å²) in [5.41, 5.74) is 18.3. The van der Waals surface area contributed by atoms with E-state index in [4.69, 9.17) is 4.74 Å². The van der Waals surface area contributed by atoms with Gasteiger partial charge in [0, 0.05) is 56.7 Å². The molecular weight excluding hydrogens is 767 g/mol. The maximum Gasteiger partial charge on any atom is 0.256 e. The van der Waals surface area contributed by atoms with Gasteiger partial charge in [-0.25, -0.2) is 0 Å². The Labute approximate surface area is 366 Å². The average molecular weight is 807 g/mol. The zero-order valence-corrected chi connectivity index (χ0v) is 34.6. The fraction of sp³-hybridized carbons (Fsp3) is 0.0175. The van der Waals surface area contributed by atoms with E-state index in [9.17, 15) is 0 Å². The van der Waals surface area contributed by atoms with Crippen molar-refractivity contribution in [3.05, 3.63) is 224 Å². The van der Waals surface area contributed by atoms with Crippen LogP contribution in [0.15, 0.2) is 218 Å². The third-order valence-corrected chi connectivity index (χ3v) is 12.9. The second kappa shape index (κ2) is 13.9. The zero-order valence-electron chi connectivity index (χ0n) is 34.6. The van der Waals surface area contributed by atoms with E-state index in [-0.39, 0.29) is 6.71 Å². The molecule has 0 spiro atoms. The third kappa shape index (κ3) is 5.31. The predicted octanol–water partition coefficient (Wildman–Crippen LogP) is 12.9. The molecule has 0 atom stereocenters. The molecular formula is C57H39BN4O. The van der Waals surface area contributed by atoms with Crippen molar-refractivity contribution in [3.63, 3.8) is 0 Å². The summed E-state index contributed by atoms with van der Waals surface area (Å²) in [4.78, 5) is 4.74. The normalized spacial score (nSPS) is 12.3. The summed E-state index contributed by atoms with van der Waals surface area (Å²) in [5.74, 6) is 1.77. The Hall–Kier alpha value is -8.22. The summed E-state index contributed by atoms with van der Waals surface area (Å²) >= 11 is 0. The first-order valence-corrected chi connectivity index (χ1v) is 21.6. The van der Waals surface area contributed by atoms with Crippen LogP contribution < -0.4 is 30.9 Å². The highest BCUT2D eigenvalue weighted by Gasteiger charge is 2.42. The summed E-state index contributed by atoms with van der Waals surface area (Å²) < 4.78 is 12.2. The number of nitrogens with zero attached hydrogens (tertiary/aromatic N) is 4. The summed E-state index contributed by atoms with van der Waals surface area (Å²) in [7, 11) is 0. The van der Waals surface area contributed by atoms with Gasteiger partial charge in [-0.2, -0.15) is 0 Å². The molecule has 0 bridgehead atoms. The summed E-state index contributed by atoms with van der Waals surface area (Å²) in [6.45, 7) is 2.12. The van der Waals surface area contributed by atoms with Gasteiger partial charge in [-0.05, 0) is 120 Å². The van der Waals surface area contributed by atoms with Crippen LogP contribution >= 0.6 is 0 Å². The van der Waals surface area contributed by atoms with Crippen LogP contribution in [0.5, 0.6) is 11.5 Å². The van der Waals surface area contributed by atoms with E-state index in [1.165, 1.54) is 43.8 Å². The summed E-state index contributed by atoms with van der Waals surface area (Å²) in [6, 6.07) is 78.6. The molecule has 0 amide bonds. The summed E-state index contributed by atoms with van der Waals surface area (Å²) in [6.07, 6.45) is 0. The van der Waals surface area contributed by atoms with Crippen molar-refractivity contribution in [1.82, 2.24) is 9.13 Å². The molecule has 296 valence electrons. The number of benzene rings is 9. The van der Waals surface area contributed by atoms with E-state index < -0.39 is 0 Å². The maximum atomic E-state index is 7.15. The van der Waals surface area contributed by atoms with Gasteiger partial charge in [-0.1, -0.05) is 121 Å². The van der Waals surface area contributed by atoms with Gasteiger partial charge in [0.1, 0.15) is 11.5 Å². The number of hydrogen-bond donors (Lipinski definition) is 0. The molecule has 6 heteroatoms. The van der Waals surface area contributed by atoms with Gasteiger partial charge in [0.25, 0.3) is 6.71 Å². The number of fused-ring (bicyclic) bond motifs is 9. The van der Waals surface area contributed by atoms with Crippen molar-refractivity contribution in [2.45, 2.75) is 6.92 Å². The molecule has 0 fully saturated rings. The number of anilines is 6. The van der Waals surface area contributed by atoms with Gasteiger partial charge in [0.2, 0.25) is 0 Å². The van der Waals surface area contributed by atoms with Crippen LogP contribution in [0, 0.1) is 6.92 Å². The molecule has 0 N–H and O–H groups in total. The smallest absolute Gasteiger partial charge is 0.256 e. The van der Waals surface area contributed by atoms with Gasteiger partial charge in [-0.15, -0.1) is 0 Å². The lowest BCUT2D eigenvalue weighted by molar-refractivity contribution is 0.487. The molecule has 5 nitrogen and oxygen atoms in total. The zero-order chi connectivity index (χ0) is 41.6. The number of rotatable bonds is 7. The number of hydrogen-bond acceptors (Lipinski definition) is 3. The van der Waals surface area contributed by atoms with E-state index in [0.29, 0.717) is 0 Å². The van der Waals surface area contributed by atoms with Crippen LogP contribution in [-0.2, 0) is 0 Å². The average Bonchev–Trinajstić information content (AvgIpc) is 3.86. The Kier molecular flexibility index (Phi) is 7.85. The molecule has 0 unspecified atom stereocenters. The lowest BCUT2D eigenvalue weighted by Gasteiger charge is -2.35. The van der Waals surface area contributed by atoms with Crippen molar-refractivity contribution in [2.24, 2.45) is 0 Å². The van der Waals surface area contributed by atoms with Crippen molar-refractivity contribution < 1.29 is 4.74 Å². The molecule has 0 saturated carbocycles. The molecule has 11 aromatic rings. The SMILES string of the molecule is Cc1cc2c3c(c1)-n1c4c(ccc(N(c5ccccc5)c5ccccc5)c4c4c1c1ccccc1n4-c1ccccc1)B3c1ccc(N(c3ccccc3)c3ccccc3)cc1O2. The predicted molar refractivity (Wildman–Crippen MR) is 263 cm³/mol. The van der Waals surface area contributed by atoms with Crippen LogP contribution in [0.25, 0.3) is 44.2 Å². The van der Waals surface area contributed by atoms with E-state index in [0.717, 1.165) is 68.0 Å². The molecule has 2 aliphatic rings. The van der Waals surface area contributed by atoms with Crippen molar-refractivity contribution in [3.8, 4) is 22.9 Å². The summed E-state index contributed by atoms with van der Waals surface area (Å²) in [5, 5.41) is 2.40. The Morgan fingerprint density at radius 2 is 0.984 bits per heavy atom. The number of aromatic nitrogens is 2. The molecule has 63 heavy (non-hydrogen) atoms. The fourth-order valence-electron chi connectivity index (χ4n) is 10.4. The number of ether oxygens (including phenoxy) is 1. The fourth-order valence-corrected chi connectivity index (χ4v) is 10.4. The number of para-hydroxylation sites is 6. The highest BCUT2D eigenvalue weighted by molar-refractivity contribution is 6.99. The lowest BCUT2D eigenvalue weighted by atomic mass is 9.34. The van der Waals surface area contributed by atoms with Crippen LogP contribution in [-0.4, -0.2) is 15.8 Å². The van der Waals surface area contributed by atoms with Gasteiger partial charge in [-0.3, -0.25) is 0 Å². The lowest BCUT2D eigenvalue weighted by Crippen LogP contribution is -2.58. The van der Waals surface area contributed by atoms with Crippen LogP contribution in [0.1, 0.15) is 5.56 Å². The van der Waals surface area contributed by atoms with Gasteiger partial charge in [0.15, 0.2) is 0 Å². The van der Waals surface area contributed by atoms with Crippen molar-refractivity contribution in [2.75, 3.05) is 9.80 Å². The first kappa shape index (κ1) is 35.5. The first-order chi connectivity index (χ1) is 31.2. The molecule has 2 aromatic heterocycles. The highest BCUT2D eigenvalue weighted by atomic mass is 16.5. The largest absolute Gasteiger partial charge is 0.458 e. The van der Waals surface area contributed by atoms with E-state index in [1.54, 1.807) is 0 Å². The second-order valence-electron chi connectivity index (χ2n) is 16.6. The first-order valence-electron chi connectivity index (χ1n) is 21.6. The molecule has 0 aliphatic carbocycles. The molecule has 2 aliphatic heterocycles. The maximum absolute atomic E-state index is 7.15. The molecule has 0 saturated heterocycles. The molecule has 0 radical (unpaired) electrons. The highest BCUT2D eigenvalue weighted by Crippen LogP contribution is 2.49. The van der Waals surface area contributed by atoms with Crippen LogP contribution in [0.4, 0.5) is 34.1 Å². The van der Waals surface area contributed by atoms with Gasteiger partial charge >= 0.3 is 0 Å². The minimum atomic E-state index is -0.0725. The Bertz CT molecular complexity index is 3470. The molecule has 4 heterocycles. The quantitative estimate of drug-likeness (QED) is 0.150. The van der Waals surface area contributed by atoms with Crippen LogP contribution in [0.2, 0.25) is 0 Å². The topological polar surface area (TPSA) is 25.6 Å². The Balaban J connectivity index is 1.15. The molecule has 13 rings (SSSR count). The molecule has 9 aromatic carbocycles. The second-order valence-corrected chi connectivity index (χ2v) is 16.6. The van der Waals surface area contributed by atoms with E-state index in [2.05, 4.69) is 244 Å². The Morgan fingerprint density at radius 3 is 1.62 bits per heavy atom. The Morgan fingerprint density at radius 1 is 0.429 bits per heavy atom. The van der Waals surface area contributed by atoms with E-state index in [1.807, 2.05) is 0 Å². The van der Waals surface area contributed by atoms with Crippen molar-refractivity contribution in [1.29, 1.82) is 0 Å². The van der Waals surface area contributed by atoms with Crippen molar-refractivity contribution >= 4 is 90.1 Å². The standard InChI is InChI=1S/C57H39BN4O/c1-38-35-50-54-52(36-38)63-51-37-44(59(39-19-7-2-8-20-39)40-21-9-3-10-22-40)31-32-46(51)58(54)47-33-34-49(60(41-23-11-4-12-24-41)42-25-13-5-14-26-42)53-56(47)62(50)55-45-29-17-18-30-48(45)61(57(53)55)43-27-15-6-16-28-43/h2-37H,1H3. The van der Waals surface area contributed by atoms with Gasteiger partial charge in [0.05, 0.1) is 27.8 Å². The van der Waals surface area contributed by atoms with Crippen LogP contribution in [0.3, 0.4) is 0 Å². The van der Waals surface area contributed by atoms with Gasteiger partial charge < -0.3 is 23.7 Å².